The Morgan fingerprint density at radius 1 is 1.04 bits per heavy atom. The Labute approximate surface area is 136 Å². The van der Waals surface area contributed by atoms with Gasteiger partial charge in [0, 0.05) is 16.8 Å². The summed E-state index contributed by atoms with van der Waals surface area (Å²) in [5, 5.41) is 4.44. The van der Waals surface area contributed by atoms with E-state index in [0.29, 0.717) is 12.3 Å². The highest BCUT2D eigenvalue weighted by molar-refractivity contribution is 6.12. The normalized spacial score (nSPS) is 9.78. The molecule has 0 saturated heterocycles. The largest absolute Gasteiger partial charge is 0.466 e. The van der Waals surface area contributed by atoms with Gasteiger partial charge in [-0.05, 0) is 6.92 Å². The number of esters is 1. The third-order valence-electron chi connectivity index (χ3n) is 3.08. The van der Waals surface area contributed by atoms with Crippen molar-refractivity contribution in [3.8, 4) is 0 Å². The maximum Gasteiger partial charge on any atom is 0.311 e. The minimum Gasteiger partial charge on any atom is -0.466 e. The van der Waals surface area contributed by atoms with Gasteiger partial charge in [0.25, 0.3) is 0 Å². The predicted molar refractivity (Wildman–Crippen MR) is 92.0 cm³/mol. The van der Waals surface area contributed by atoms with Crippen molar-refractivity contribution in [3.05, 3.63) is 84.1 Å². The molecule has 0 radical (unpaired) electrons. The second-order valence-electron chi connectivity index (χ2n) is 4.89. The summed E-state index contributed by atoms with van der Waals surface area (Å²) in [6, 6.07) is 19.7. The fraction of sp³-hybridized carbons (Fsp3) is 0.158. The molecule has 0 aromatic heterocycles. The molecule has 0 unspecified atom stereocenters. The maximum atomic E-state index is 11.5. The standard InChI is InChI=1S/C19H20N2O2/c1-3-23-18(22)14-15(2)20-21-19(16-10-6-4-7-11-16)17-12-8-5-9-13-17/h4-13,20H,2-3,14H2,1H3. The van der Waals surface area contributed by atoms with Crippen molar-refractivity contribution in [2.45, 2.75) is 13.3 Å². The van der Waals surface area contributed by atoms with Gasteiger partial charge < -0.3 is 4.74 Å². The van der Waals surface area contributed by atoms with Crippen LogP contribution in [0.4, 0.5) is 0 Å². The van der Waals surface area contributed by atoms with Crippen LogP contribution in [0.15, 0.2) is 78.0 Å². The van der Waals surface area contributed by atoms with Crippen molar-refractivity contribution in [2.24, 2.45) is 5.10 Å². The van der Waals surface area contributed by atoms with Gasteiger partial charge in [0.1, 0.15) is 0 Å². The summed E-state index contributed by atoms with van der Waals surface area (Å²) in [5.41, 5.74) is 6.11. The van der Waals surface area contributed by atoms with Gasteiger partial charge in [-0.15, -0.1) is 0 Å². The lowest BCUT2D eigenvalue weighted by Gasteiger charge is -2.10. The highest BCUT2D eigenvalue weighted by atomic mass is 16.5. The van der Waals surface area contributed by atoms with E-state index in [0.717, 1.165) is 16.8 Å². The molecule has 4 nitrogen and oxygen atoms in total. The van der Waals surface area contributed by atoms with Crippen molar-refractivity contribution in [1.82, 2.24) is 5.43 Å². The Morgan fingerprint density at radius 3 is 2.04 bits per heavy atom. The summed E-state index contributed by atoms with van der Waals surface area (Å²) in [4.78, 5) is 11.5. The maximum absolute atomic E-state index is 11.5. The molecule has 0 aliphatic heterocycles. The van der Waals surface area contributed by atoms with Crippen molar-refractivity contribution in [3.63, 3.8) is 0 Å². The summed E-state index contributed by atoms with van der Waals surface area (Å²) in [7, 11) is 0. The molecule has 0 aliphatic rings. The first-order valence-corrected chi connectivity index (χ1v) is 7.48. The third-order valence-corrected chi connectivity index (χ3v) is 3.08. The fourth-order valence-electron chi connectivity index (χ4n) is 2.05. The monoisotopic (exact) mass is 308 g/mol. The number of nitrogens with zero attached hydrogens (tertiary/aromatic N) is 1. The number of carbonyl (C=O) groups is 1. The van der Waals surface area contributed by atoms with Gasteiger partial charge >= 0.3 is 5.97 Å². The Morgan fingerprint density at radius 2 is 1.57 bits per heavy atom. The van der Waals surface area contributed by atoms with Gasteiger partial charge in [-0.25, -0.2) is 0 Å². The van der Waals surface area contributed by atoms with Crippen LogP contribution in [0, 0.1) is 0 Å². The molecule has 0 heterocycles. The minimum absolute atomic E-state index is 0.0915. The lowest BCUT2D eigenvalue weighted by Crippen LogP contribution is -2.15. The topological polar surface area (TPSA) is 50.7 Å². The van der Waals surface area contributed by atoms with E-state index in [4.69, 9.17) is 4.74 Å². The van der Waals surface area contributed by atoms with Crippen LogP contribution in [0.5, 0.6) is 0 Å². The van der Waals surface area contributed by atoms with Crippen LogP contribution in [0.1, 0.15) is 24.5 Å². The SMILES string of the molecule is C=C(CC(=O)OCC)NN=C(c1ccccc1)c1ccccc1. The molecule has 23 heavy (non-hydrogen) atoms. The second kappa shape index (κ2) is 8.54. The van der Waals surface area contributed by atoms with Crippen LogP contribution in [0.25, 0.3) is 0 Å². The highest BCUT2D eigenvalue weighted by Crippen LogP contribution is 2.11. The number of hydrogen-bond acceptors (Lipinski definition) is 4. The van der Waals surface area contributed by atoms with E-state index in [9.17, 15) is 4.79 Å². The lowest BCUT2D eigenvalue weighted by molar-refractivity contribution is -0.142. The van der Waals surface area contributed by atoms with Gasteiger partial charge in [-0.3, -0.25) is 10.2 Å². The molecule has 0 aliphatic carbocycles. The molecule has 0 saturated carbocycles. The molecule has 0 spiro atoms. The molecule has 0 fully saturated rings. The van der Waals surface area contributed by atoms with Crippen LogP contribution in [0.3, 0.4) is 0 Å². The Bertz CT molecular complexity index is 638. The van der Waals surface area contributed by atoms with Gasteiger partial charge in [0.05, 0.1) is 18.7 Å². The van der Waals surface area contributed by atoms with Crippen LogP contribution in [-0.4, -0.2) is 18.3 Å². The number of carbonyl (C=O) groups excluding carboxylic acids is 1. The summed E-state index contributed by atoms with van der Waals surface area (Å²) >= 11 is 0. The van der Waals surface area contributed by atoms with E-state index in [2.05, 4.69) is 17.1 Å². The molecule has 118 valence electrons. The molecule has 1 N–H and O–H groups in total. The quantitative estimate of drug-likeness (QED) is 0.484. The van der Waals surface area contributed by atoms with E-state index in [-0.39, 0.29) is 12.4 Å². The van der Waals surface area contributed by atoms with Crippen molar-refractivity contribution >= 4 is 11.7 Å². The van der Waals surface area contributed by atoms with Crippen molar-refractivity contribution in [1.29, 1.82) is 0 Å². The molecular formula is C19H20N2O2. The molecule has 0 bridgehead atoms. The molecule has 0 atom stereocenters. The molecule has 2 aromatic rings. The van der Waals surface area contributed by atoms with E-state index in [1.54, 1.807) is 6.92 Å². The van der Waals surface area contributed by atoms with E-state index < -0.39 is 0 Å². The first kappa shape index (κ1) is 16.5. The Kier molecular flexibility index (Phi) is 6.12. The van der Waals surface area contributed by atoms with E-state index in [1.165, 1.54) is 0 Å². The van der Waals surface area contributed by atoms with Gasteiger partial charge in [-0.1, -0.05) is 67.2 Å². The van der Waals surface area contributed by atoms with Crippen LogP contribution in [-0.2, 0) is 9.53 Å². The summed E-state index contributed by atoms with van der Waals surface area (Å²) < 4.78 is 4.90. The average Bonchev–Trinajstić information content (AvgIpc) is 2.57. The van der Waals surface area contributed by atoms with Crippen molar-refractivity contribution in [2.75, 3.05) is 6.61 Å². The van der Waals surface area contributed by atoms with Crippen LogP contribution in [0.2, 0.25) is 0 Å². The number of hydrogen-bond donors (Lipinski definition) is 1. The lowest BCUT2D eigenvalue weighted by atomic mass is 10.0. The number of ether oxygens (including phenoxy) is 1. The smallest absolute Gasteiger partial charge is 0.311 e. The first-order valence-electron chi connectivity index (χ1n) is 7.48. The number of benzene rings is 2. The summed E-state index contributed by atoms with van der Waals surface area (Å²) in [6.07, 6.45) is 0.0915. The predicted octanol–water partition coefficient (Wildman–Crippen LogP) is 3.50. The average molecular weight is 308 g/mol. The zero-order valence-electron chi connectivity index (χ0n) is 13.2. The molecule has 0 amide bonds. The third kappa shape index (κ3) is 5.11. The summed E-state index contributed by atoms with van der Waals surface area (Å²) in [6.45, 7) is 5.95. The van der Waals surface area contributed by atoms with E-state index in [1.807, 2.05) is 60.7 Å². The zero-order chi connectivity index (χ0) is 16.5. The number of rotatable bonds is 7. The Hall–Kier alpha value is -2.88. The fourth-order valence-corrected chi connectivity index (χ4v) is 2.05. The molecule has 2 aromatic carbocycles. The first-order chi connectivity index (χ1) is 11.2. The van der Waals surface area contributed by atoms with Gasteiger partial charge in [0.15, 0.2) is 0 Å². The Balaban J connectivity index is 2.18. The van der Waals surface area contributed by atoms with Gasteiger partial charge in [0.2, 0.25) is 0 Å². The minimum atomic E-state index is -0.318. The highest BCUT2D eigenvalue weighted by Gasteiger charge is 2.08. The zero-order valence-corrected chi connectivity index (χ0v) is 13.2. The molecule has 2 rings (SSSR count). The van der Waals surface area contributed by atoms with Crippen LogP contribution >= 0.6 is 0 Å². The molecular weight excluding hydrogens is 288 g/mol. The summed E-state index contributed by atoms with van der Waals surface area (Å²) in [5.74, 6) is -0.318. The van der Waals surface area contributed by atoms with Crippen molar-refractivity contribution < 1.29 is 9.53 Å². The molecule has 4 heteroatoms. The number of hydrazone groups is 1. The van der Waals surface area contributed by atoms with Gasteiger partial charge in [-0.2, -0.15) is 5.10 Å². The van der Waals surface area contributed by atoms with Crippen LogP contribution < -0.4 is 5.43 Å². The number of nitrogens with one attached hydrogen (secondary N) is 1. The van der Waals surface area contributed by atoms with E-state index >= 15 is 0 Å². The second-order valence-corrected chi connectivity index (χ2v) is 4.89.